The largest absolute Gasteiger partial charge is 0.496 e. The summed E-state index contributed by atoms with van der Waals surface area (Å²) in [5.41, 5.74) is 2.48. The minimum Gasteiger partial charge on any atom is -0.496 e. The normalized spacial score (nSPS) is 12.5. The second-order valence-corrected chi connectivity index (χ2v) is 4.16. The molecule has 0 aliphatic heterocycles. The van der Waals surface area contributed by atoms with E-state index >= 15 is 0 Å². The van der Waals surface area contributed by atoms with Crippen molar-refractivity contribution >= 4 is 0 Å². The number of hydrogen-bond donors (Lipinski definition) is 1. The lowest BCUT2D eigenvalue weighted by atomic mass is 10.0. The monoisotopic (exact) mass is 237 g/mol. The van der Waals surface area contributed by atoms with Crippen molar-refractivity contribution in [1.82, 2.24) is 5.32 Å². The Bertz CT molecular complexity index is 339. The van der Waals surface area contributed by atoms with Gasteiger partial charge in [0.05, 0.1) is 13.7 Å². The van der Waals surface area contributed by atoms with Crippen molar-refractivity contribution in [2.24, 2.45) is 0 Å². The predicted molar refractivity (Wildman–Crippen MR) is 70.8 cm³/mol. The summed E-state index contributed by atoms with van der Waals surface area (Å²) in [6, 6.07) is 6.59. The van der Waals surface area contributed by atoms with Gasteiger partial charge < -0.3 is 14.8 Å². The first kappa shape index (κ1) is 14.0. The molecule has 1 atom stereocenters. The van der Waals surface area contributed by atoms with Gasteiger partial charge in [-0.3, -0.25) is 0 Å². The summed E-state index contributed by atoms with van der Waals surface area (Å²) < 4.78 is 10.8. The first-order valence-electron chi connectivity index (χ1n) is 6.09. The van der Waals surface area contributed by atoms with E-state index in [0.717, 1.165) is 25.4 Å². The maximum absolute atomic E-state index is 5.46. The van der Waals surface area contributed by atoms with Gasteiger partial charge in [0.2, 0.25) is 0 Å². The molecule has 3 heteroatoms. The molecular formula is C14H23NO2. The number of rotatable bonds is 7. The van der Waals surface area contributed by atoms with Crippen LogP contribution in [0, 0.1) is 6.92 Å². The summed E-state index contributed by atoms with van der Waals surface area (Å²) in [4.78, 5) is 0. The quantitative estimate of drug-likeness (QED) is 0.788. The zero-order valence-electron chi connectivity index (χ0n) is 11.2. The average Bonchev–Trinajstić information content (AvgIpc) is 2.34. The lowest BCUT2D eigenvalue weighted by molar-refractivity contribution is 0.125. The standard InChI is InChI=1S/C14H23NO2/c1-5-17-10-13(15-3)9-12-8-11(2)6-7-14(12)16-4/h6-8,13,15H,5,9-10H2,1-4H3. The Hall–Kier alpha value is -1.06. The summed E-state index contributed by atoms with van der Waals surface area (Å²) in [6.07, 6.45) is 0.918. The van der Waals surface area contributed by atoms with Gasteiger partial charge in [0.1, 0.15) is 5.75 Å². The van der Waals surface area contributed by atoms with E-state index in [1.807, 2.05) is 20.0 Å². The minimum absolute atomic E-state index is 0.325. The van der Waals surface area contributed by atoms with E-state index in [1.165, 1.54) is 11.1 Å². The molecule has 0 spiro atoms. The Morgan fingerprint density at radius 1 is 1.35 bits per heavy atom. The van der Waals surface area contributed by atoms with Crippen LogP contribution in [0.4, 0.5) is 0 Å². The maximum atomic E-state index is 5.46. The van der Waals surface area contributed by atoms with Crippen molar-refractivity contribution in [3.8, 4) is 5.75 Å². The molecule has 3 nitrogen and oxygen atoms in total. The molecule has 0 bridgehead atoms. The van der Waals surface area contributed by atoms with Crippen molar-refractivity contribution in [3.63, 3.8) is 0 Å². The van der Waals surface area contributed by atoms with E-state index < -0.39 is 0 Å². The lowest BCUT2D eigenvalue weighted by Gasteiger charge is -2.18. The molecule has 0 amide bonds. The van der Waals surface area contributed by atoms with Crippen LogP contribution in [0.5, 0.6) is 5.75 Å². The molecule has 1 N–H and O–H groups in total. The fraction of sp³-hybridized carbons (Fsp3) is 0.571. The van der Waals surface area contributed by atoms with Gasteiger partial charge in [-0.1, -0.05) is 17.7 Å². The van der Waals surface area contributed by atoms with Crippen molar-refractivity contribution in [3.05, 3.63) is 29.3 Å². The number of likely N-dealkylation sites (N-methyl/N-ethyl adjacent to an activating group) is 1. The van der Waals surface area contributed by atoms with Gasteiger partial charge in [-0.15, -0.1) is 0 Å². The lowest BCUT2D eigenvalue weighted by Crippen LogP contribution is -2.32. The Labute approximate surface area is 104 Å². The highest BCUT2D eigenvalue weighted by Gasteiger charge is 2.11. The molecule has 1 unspecified atom stereocenters. The molecule has 1 aromatic rings. The SMILES string of the molecule is CCOCC(Cc1cc(C)ccc1OC)NC. The zero-order chi connectivity index (χ0) is 12.7. The molecule has 0 fully saturated rings. The summed E-state index contributed by atoms with van der Waals surface area (Å²) >= 11 is 0. The van der Waals surface area contributed by atoms with Gasteiger partial charge >= 0.3 is 0 Å². The summed E-state index contributed by atoms with van der Waals surface area (Å²) in [5.74, 6) is 0.951. The Morgan fingerprint density at radius 3 is 2.71 bits per heavy atom. The second-order valence-electron chi connectivity index (χ2n) is 4.16. The molecule has 1 aromatic carbocycles. The van der Waals surface area contributed by atoms with Crippen LogP contribution in [-0.4, -0.2) is 33.4 Å². The Morgan fingerprint density at radius 2 is 2.12 bits per heavy atom. The maximum Gasteiger partial charge on any atom is 0.122 e. The molecule has 1 rings (SSSR count). The van der Waals surface area contributed by atoms with Gasteiger partial charge in [-0.05, 0) is 38.9 Å². The van der Waals surface area contributed by atoms with Crippen LogP contribution in [0.3, 0.4) is 0 Å². The minimum atomic E-state index is 0.325. The number of nitrogens with one attached hydrogen (secondary N) is 1. The topological polar surface area (TPSA) is 30.5 Å². The van der Waals surface area contributed by atoms with Crippen molar-refractivity contribution < 1.29 is 9.47 Å². The van der Waals surface area contributed by atoms with E-state index in [0.29, 0.717) is 6.04 Å². The van der Waals surface area contributed by atoms with E-state index in [4.69, 9.17) is 9.47 Å². The molecule has 0 aromatic heterocycles. The molecule has 0 saturated carbocycles. The number of ether oxygens (including phenoxy) is 2. The van der Waals surface area contributed by atoms with Crippen molar-refractivity contribution in [2.75, 3.05) is 27.4 Å². The van der Waals surface area contributed by atoms with Gasteiger partial charge in [-0.2, -0.15) is 0 Å². The first-order valence-corrected chi connectivity index (χ1v) is 6.09. The molecule has 0 saturated heterocycles. The smallest absolute Gasteiger partial charge is 0.122 e. The molecule has 17 heavy (non-hydrogen) atoms. The van der Waals surface area contributed by atoms with Crippen LogP contribution in [-0.2, 0) is 11.2 Å². The van der Waals surface area contributed by atoms with Gasteiger partial charge in [0.25, 0.3) is 0 Å². The van der Waals surface area contributed by atoms with E-state index in [1.54, 1.807) is 7.11 Å². The molecule has 96 valence electrons. The third-order valence-electron chi connectivity index (χ3n) is 2.83. The summed E-state index contributed by atoms with van der Waals surface area (Å²) in [6.45, 7) is 5.59. The van der Waals surface area contributed by atoms with Crippen molar-refractivity contribution in [1.29, 1.82) is 0 Å². The fourth-order valence-corrected chi connectivity index (χ4v) is 1.84. The highest BCUT2D eigenvalue weighted by Crippen LogP contribution is 2.21. The van der Waals surface area contributed by atoms with Gasteiger partial charge in [0, 0.05) is 12.6 Å². The molecule has 0 aliphatic rings. The second kappa shape index (κ2) is 7.30. The average molecular weight is 237 g/mol. The van der Waals surface area contributed by atoms with E-state index in [2.05, 4.69) is 24.4 Å². The van der Waals surface area contributed by atoms with Crippen LogP contribution >= 0.6 is 0 Å². The number of methoxy groups -OCH3 is 1. The zero-order valence-corrected chi connectivity index (χ0v) is 11.2. The van der Waals surface area contributed by atoms with Crippen LogP contribution in [0.15, 0.2) is 18.2 Å². The molecule has 0 heterocycles. The molecule has 0 radical (unpaired) electrons. The highest BCUT2D eigenvalue weighted by atomic mass is 16.5. The van der Waals surface area contributed by atoms with E-state index in [-0.39, 0.29) is 0 Å². The van der Waals surface area contributed by atoms with Crippen LogP contribution in [0.25, 0.3) is 0 Å². The fourth-order valence-electron chi connectivity index (χ4n) is 1.84. The number of aryl methyl sites for hydroxylation is 1. The Balaban J connectivity index is 2.73. The van der Waals surface area contributed by atoms with Crippen molar-refractivity contribution in [2.45, 2.75) is 26.3 Å². The predicted octanol–water partition coefficient (Wildman–Crippen LogP) is 2.17. The molecule has 0 aliphatic carbocycles. The van der Waals surface area contributed by atoms with Gasteiger partial charge in [0.15, 0.2) is 0 Å². The Kier molecular flexibility index (Phi) is 6.01. The van der Waals surface area contributed by atoms with Gasteiger partial charge in [-0.25, -0.2) is 0 Å². The number of benzene rings is 1. The molecular weight excluding hydrogens is 214 g/mol. The highest BCUT2D eigenvalue weighted by molar-refractivity contribution is 5.37. The van der Waals surface area contributed by atoms with Crippen LogP contribution < -0.4 is 10.1 Å². The van der Waals surface area contributed by atoms with Crippen LogP contribution in [0.1, 0.15) is 18.1 Å². The third-order valence-corrected chi connectivity index (χ3v) is 2.83. The third kappa shape index (κ3) is 4.36. The number of hydrogen-bond acceptors (Lipinski definition) is 3. The summed E-state index contributed by atoms with van der Waals surface area (Å²) in [7, 11) is 3.68. The first-order chi connectivity index (χ1) is 8.21. The van der Waals surface area contributed by atoms with Crippen LogP contribution in [0.2, 0.25) is 0 Å². The van der Waals surface area contributed by atoms with E-state index in [9.17, 15) is 0 Å². The summed E-state index contributed by atoms with van der Waals surface area (Å²) in [5, 5.41) is 3.28.